The predicted octanol–water partition coefficient (Wildman–Crippen LogP) is 4.39. The number of hydrogen-bond acceptors (Lipinski definition) is 2. The second-order valence-corrected chi connectivity index (χ2v) is 5.04. The van der Waals surface area contributed by atoms with Crippen molar-refractivity contribution in [2.75, 3.05) is 0 Å². The molecule has 24 heavy (non-hydrogen) atoms. The van der Waals surface area contributed by atoms with Gasteiger partial charge in [0.2, 0.25) is 0 Å². The normalized spacial score (nSPS) is 11.1. The molecule has 3 aromatic rings. The van der Waals surface area contributed by atoms with Gasteiger partial charge in [0.25, 0.3) is 0 Å². The van der Waals surface area contributed by atoms with Crippen LogP contribution in [0.15, 0.2) is 54.6 Å². The highest BCUT2D eigenvalue weighted by Crippen LogP contribution is 2.18. The van der Waals surface area contributed by atoms with Gasteiger partial charge in [-0.3, -0.25) is 9.89 Å². The molecule has 1 N–H and O–H groups in total. The average Bonchev–Trinajstić information content (AvgIpc) is 3.05. The van der Waals surface area contributed by atoms with E-state index in [1.165, 1.54) is 30.4 Å². The lowest BCUT2D eigenvalue weighted by molar-refractivity contribution is 0.104. The molecule has 0 radical (unpaired) electrons. The van der Waals surface area contributed by atoms with Crippen LogP contribution < -0.4 is 0 Å². The molecular weight excluding hydrogens is 317 g/mol. The van der Waals surface area contributed by atoms with Crippen LogP contribution in [0.2, 0.25) is 0 Å². The fourth-order valence-electron chi connectivity index (χ4n) is 2.10. The third-order valence-electron chi connectivity index (χ3n) is 3.36. The molecule has 0 aliphatic carbocycles. The van der Waals surface area contributed by atoms with Gasteiger partial charge in [-0.1, -0.05) is 0 Å². The van der Waals surface area contributed by atoms with Crippen molar-refractivity contribution in [2.45, 2.75) is 0 Å². The number of halogens is 3. The van der Waals surface area contributed by atoms with Crippen LogP contribution in [-0.2, 0) is 0 Å². The lowest BCUT2D eigenvalue weighted by atomic mass is 10.1. The van der Waals surface area contributed by atoms with Crippen molar-refractivity contribution < 1.29 is 18.0 Å². The van der Waals surface area contributed by atoms with Crippen molar-refractivity contribution in [3.63, 3.8) is 0 Å². The van der Waals surface area contributed by atoms with Gasteiger partial charge in [0.1, 0.15) is 5.82 Å². The molecule has 3 nitrogen and oxygen atoms in total. The molecule has 1 aromatic heterocycles. The molecule has 0 amide bonds. The Morgan fingerprint density at radius 2 is 1.71 bits per heavy atom. The Morgan fingerprint density at radius 3 is 2.42 bits per heavy atom. The summed E-state index contributed by atoms with van der Waals surface area (Å²) in [6.45, 7) is 0. The number of rotatable bonds is 4. The van der Waals surface area contributed by atoms with E-state index >= 15 is 0 Å². The summed E-state index contributed by atoms with van der Waals surface area (Å²) in [5, 5.41) is 6.80. The minimum Gasteiger partial charge on any atom is -0.289 e. The van der Waals surface area contributed by atoms with E-state index in [4.69, 9.17) is 0 Å². The van der Waals surface area contributed by atoms with E-state index in [2.05, 4.69) is 10.2 Å². The second-order valence-electron chi connectivity index (χ2n) is 5.04. The first-order valence-electron chi connectivity index (χ1n) is 7.02. The molecule has 3 rings (SSSR count). The van der Waals surface area contributed by atoms with Crippen LogP contribution in [0.1, 0.15) is 16.1 Å². The summed E-state index contributed by atoms with van der Waals surface area (Å²) < 4.78 is 38.9. The molecule has 0 unspecified atom stereocenters. The van der Waals surface area contributed by atoms with E-state index in [0.717, 1.165) is 17.7 Å². The molecule has 0 aliphatic heterocycles. The number of allylic oxidation sites excluding steroid dienone is 1. The van der Waals surface area contributed by atoms with Gasteiger partial charge in [-0.15, -0.1) is 0 Å². The summed E-state index contributed by atoms with van der Waals surface area (Å²) in [7, 11) is 0. The minimum atomic E-state index is -1.07. The Bertz CT molecular complexity index is 914. The lowest BCUT2D eigenvalue weighted by Gasteiger charge is -1.97. The third-order valence-corrected chi connectivity index (χ3v) is 3.36. The van der Waals surface area contributed by atoms with Crippen LogP contribution in [0.5, 0.6) is 0 Å². The number of aromatic nitrogens is 2. The summed E-state index contributed by atoms with van der Waals surface area (Å²) in [4.78, 5) is 11.9. The monoisotopic (exact) mass is 328 g/mol. The van der Waals surface area contributed by atoms with E-state index in [-0.39, 0.29) is 11.4 Å². The Morgan fingerprint density at radius 1 is 0.958 bits per heavy atom. The standard InChI is InChI=1S/C18H11F3N2O/c19-13-4-1-11(2-5-13)17-10-14(22-23-17)6-8-18(24)12-3-7-15(20)16(21)9-12/h1-10H,(H,22,23). The first-order valence-corrected chi connectivity index (χ1v) is 7.02. The molecule has 120 valence electrons. The number of nitrogens with zero attached hydrogens (tertiary/aromatic N) is 1. The largest absolute Gasteiger partial charge is 0.289 e. The summed E-state index contributed by atoms with van der Waals surface area (Å²) in [6.07, 6.45) is 2.71. The summed E-state index contributed by atoms with van der Waals surface area (Å²) >= 11 is 0. The number of benzene rings is 2. The van der Waals surface area contributed by atoms with Crippen LogP contribution in [0.25, 0.3) is 17.3 Å². The van der Waals surface area contributed by atoms with Gasteiger partial charge in [0, 0.05) is 11.1 Å². The van der Waals surface area contributed by atoms with Crippen molar-refractivity contribution in [2.24, 2.45) is 0 Å². The number of H-pyrrole nitrogens is 1. The quantitative estimate of drug-likeness (QED) is 0.570. The minimum absolute atomic E-state index is 0.0448. The average molecular weight is 328 g/mol. The molecular formula is C18H11F3N2O. The third kappa shape index (κ3) is 3.43. The molecule has 0 atom stereocenters. The Balaban J connectivity index is 1.76. The first kappa shape index (κ1) is 15.7. The van der Waals surface area contributed by atoms with Gasteiger partial charge in [-0.25, -0.2) is 13.2 Å². The van der Waals surface area contributed by atoms with Gasteiger partial charge < -0.3 is 0 Å². The highest BCUT2D eigenvalue weighted by atomic mass is 19.2. The molecule has 6 heteroatoms. The van der Waals surface area contributed by atoms with Gasteiger partial charge in [-0.05, 0) is 60.7 Å². The van der Waals surface area contributed by atoms with Crippen LogP contribution in [-0.4, -0.2) is 16.0 Å². The highest BCUT2D eigenvalue weighted by Gasteiger charge is 2.08. The molecule has 0 bridgehead atoms. The Kier molecular flexibility index (Phi) is 4.29. The van der Waals surface area contributed by atoms with Crippen molar-refractivity contribution in [3.05, 3.63) is 83.3 Å². The first-order chi connectivity index (χ1) is 11.5. The summed E-state index contributed by atoms with van der Waals surface area (Å²) in [5.41, 5.74) is 1.91. The van der Waals surface area contributed by atoms with E-state index in [0.29, 0.717) is 11.4 Å². The van der Waals surface area contributed by atoms with Gasteiger partial charge >= 0.3 is 0 Å². The zero-order chi connectivity index (χ0) is 17.1. The van der Waals surface area contributed by atoms with Crippen LogP contribution in [0.3, 0.4) is 0 Å². The van der Waals surface area contributed by atoms with Gasteiger partial charge in [-0.2, -0.15) is 5.10 Å². The molecule has 0 saturated carbocycles. The number of nitrogens with one attached hydrogen (secondary N) is 1. The molecule has 0 spiro atoms. The maximum Gasteiger partial charge on any atom is 0.186 e. The maximum absolute atomic E-state index is 13.1. The molecule has 0 saturated heterocycles. The van der Waals surface area contributed by atoms with Crippen molar-refractivity contribution in [1.29, 1.82) is 0 Å². The Labute approximate surface area is 135 Å². The van der Waals surface area contributed by atoms with Gasteiger partial charge in [0.15, 0.2) is 17.4 Å². The zero-order valence-corrected chi connectivity index (χ0v) is 12.3. The summed E-state index contributed by atoms with van der Waals surface area (Å²) in [5.74, 6) is -2.89. The Hall–Kier alpha value is -3.15. The van der Waals surface area contributed by atoms with Crippen molar-refractivity contribution in [3.8, 4) is 11.3 Å². The van der Waals surface area contributed by atoms with Crippen LogP contribution >= 0.6 is 0 Å². The fourth-order valence-corrected chi connectivity index (χ4v) is 2.10. The number of carbonyl (C=O) groups is 1. The van der Waals surface area contributed by atoms with E-state index < -0.39 is 17.4 Å². The zero-order valence-electron chi connectivity index (χ0n) is 12.3. The SMILES string of the molecule is O=C(C=Cc1cc(-c2ccc(F)cc2)n[nH]1)c1ccc(F)c(F)c1. The number of hydrogen-bond donors (Lipinski definition) is 1. The maximum atomic E-state index is 13.1. The van der Waals surface area contributed by atoms with E-state index in [9.17, 15) is 18.0 Å². The van der Waals surface area contributed by atoms with E-state index in [1.807, 2.05) is 0 Å². The number of carbonyl (C=O) groups excluding carboxylic acids is 1. The number of ketones is 1. The molecule has 0 fully saturated rings. The molecule has 0 aliphatic rings. The molecule has 1 heterocycles. The molecule has 2 aromatic carbocycles. The van der Waals surface area contributed by atoms with Crippen LogP contribution in [0, 0.1) is 17.5 Å². The van der Waals surface area contributed by atoms with Crippen molar-refractivity contribution >= 4 is 11.9 Å². The lowest BCUT2D eigenvalue weighted by Crippen LogP contribution is -1.96. The number of aromatic amines is 1. The topological polar surface area (TPSA) is 45.8 Å². The summed E-state index contributed by atoms with van der Waals surface area (Å²) in [6, 6.07) is 10.5. The van der Waals surface area contributed by atoms with Gasteiger partial charge in [0.05, 0.1) is 11.4 Å². The predicted molar refractivity (Wildman–Crippen MR) is 83.7 cm³/mol. The smallest absolute Gasteiger partial charge is 0.186 e. The van der Waals surface area contributed by atoms with Crippen LogP contribution in [0.4, 0.5) is 13.2 Å². The second kappa shape index (κ2) is 6.54. The highest BCUT2D eigenvalue weighted by molar-refractivity contribution is 6.06. The van der Waals surface area contributed by atoms with Crippen molar-refractivity contribution in [1.82, 2.24) is 10.2 Å². The van der Waals surface area contributed by atoms with E-state index in [1.54, 1.807) is 18.2 Å². The fraction of sp³-hybridized carbons (Fsp3) is 0.